The highest BCUT2D eigenvalue weighted by Gasteiger charge is 1.96. The Bertz CT molecular complexity index is 363. The van der Waals surface area contributed by atoms with Gasteiger partial charge in [-0.25, -0.2) is 0 Å². The third-order valence-corrected chi connectivity index (χ3v) is 3.23. The Morgan fingerprint density at radius 1 is 1.12 bits per heavy atom. The van der Waals surface area contributed by atoms with Crippen molar-refractivity contribution in [2.24, 2.45) is 0 Å². The van der Waals surface area contributed by atoms with Crippen LogP contribution in [0.2, 0.25) is 5.02 Å². The number of carbonyl (C=O) groups is 2. The molecule has 0 aliphatic rings. The van der Waals surface area contributed by atoms with Gasteiger partial charge in [0.25, 0.3) is 0 Å². The van der Waals surface area contributed by atoms with Crippen LogP contribution in [-0.2, 0) is 9.59 Å². The monoisotopic (exact) mass is 292 g/mol. The number of alkyl halides is 1. The predicted octanol–water partition coefficient (Wildman–Crippen LogP) is 3.84. The molecule has 1 rings (SSSR count). The third-order valence-electron chi connectivity index (χ3n) is 1.44. The summed E-state index contributed by atoms with van der Waals surface area (Å²) >= 11 is 12.2. The van der Waals surface area contributed by atoms with Crippen LogP contribution in [-0.4, -0.2) is 23.2 Å². The van der Waals surface area contributed by atoms with E-state index in [4.69, 9.17) is 23.2 Å². The molecule has 0 N–H and O–H groups in total. The minimum absolute atomic E-state index is 0.0201. The molecule has 0 saturated heterocycles. The summed E-state index contributed by atoms with van der Waals surface area (Å²) in [5.74, 6) is 0.878. The second-order valence-corrected chi connectivity index (χ2v) is 5.03. The quantitative estimate of drug-likeness (QED) is 0.625. The fraction of sp³-hybridized carbons (Fsp3) is 0.333. The molecule has 1 aromatic carbocycles. The van der Waals surface area contributed by atoms with E-state index in [1.807, 2.05) is 24.3 Å². The average molecular weight is 293 g/mol. The van der Waals surface area contributed by atoms with Gasteiger partial charge in [0, 0.05) is 9.92 Å². The summed E-state index contributed by atoms with van der Waals surface area (Å²) in [5.41, 5.74) is 0. The first-order valence-electron chi connectivity index (χ1n) is 4.89. The van der Waals surface area contributed by atoms with Gasteiger partial charge in [-0.1, -0.05) is 11.6 Å². The maximum atomic E-state index is 10.6. The molecule has 0 unspecified atom stereocenters. The number of thioether (sulfide) groups is 1. The maximum Gasteiger partial charge on any atom is 0.144 e. The lowest BCUT2D eigenvalue weighted by Crippen LogP contribution is -1.92. The molecular formula is C12H14Cl2O2S. The van der Waals surface area contributed by atoms with E-state index in [0.717, 1.165) is 9.92 Å². The van der Waals surface area contributed by atoms with Crippen molar-refractivity contribution >= 4 is 46.5 Å². The number of carbonyl (C=O) groups excluding carboxylic acids is 2. The van der Waals surface area contributed by atoms with Crippen LogP contribution >= 0.6 is 35.0 Å². The van der Waals surface area contributed by atoms with E-state index in [2.05, 4.69) is 0 Å². The zero-order valence-electron chi connectivity index (χ0n) is 9.70. The summed E-state index contributed by atoms with van der Waals surface area (Å²) < 4.78 is 0. The van der Waals surface area contributed by atoms with Crippen molar-refractivity contribution in [2.45, 2.75) is 18.7 Å². The van der Waals surface area contributed by atoms with Crippen molar-refractivity contribution in [1.82, 2.24) is 0 Å². The molecule has 1 aromatic rings. The van der Waals surface area contributed by atoms with E-state index in [1.54, 1.807) is 6.92 Å². The van der Waals surface area contributed by atoms with Gasteiger partial charge in [-0.3, -0.25) is 9.59 Å². The van der Waals surface area contributed by atoms with Crippen molar-refractivity contribution in [3.8, 4) is 0 Å². The van der Waals surface area contributed by atoms with E-state index >= 15 is 0 Å². The van der Waals surface area contributed by atoms with Gasteiger partial charge in [-0.2, -0.15) is 0 Å². The van der Waals surface area contributed by atoms with Crippen LogP contribution in [0.25, 0.3) is 0 Å². The summed E-state index contributed by atoms with van der Waals surface area (Å²) in [6.45, 7) is 3.04. The van der Waals surface area contributed by atoms with E-state index in [9.17, 15) is 9.59 Å². The van der Waals surface area contributed by atoms with Crippen molar-refractivity contribution in [3.05, 3.63) is 29.3 Å². The Labute approximate surface area is 116 Å². The lowest BCUT2D eigenvalue weighted by molar-refractivity contribution is -0.115. The number of benzene rings is 1. The molecule has 0 heterocycles. The van der Waals surface area contributed by atoms with E-state index in [0.29, 0.717) is 5.75 Å². The summed E-state index contributed by atoms with van der Waals surface area (Å²) in [6, 6.07) is 7.47. The number of rotatable bonds is 4. The Hall–Kier alpha value is -0.510. The van der Waals surface area contributed by atoms with E-state index in [1.165, 1.54) is 18.7 Å². The maximum absolute atomic E-state index is 10.6. The molecule has 94 valence electrons. The van der Waals surface area contributed by atoms with E-state index in [-0.39, 0.29) is 17.4 Å². The standard InChI is InChI=1S/C9H9ClOS.C3H5ClO/c1-7(11)6-12-9-4-2-8(10)3-5-9;1-3(5)2-4/h2-5H,6H2,1H3;2H2,1H3. The summed E-state index contributed by atoms with van der Waals surface area (Å²) in [4.78, 5) is 21.4. The second-order valence-electron chi connectivity index (χ2n) is 3.28. The molecule has 5 heteroatoms. The molecule has 0 aromatic heterocycles. The van der Waals surface area contributed by atoms with Crippen LogP contribution in [0.4, 0.5) is 0 Å². The number of hydrogen-bond donors (Lipinski definition) is 0. The van der Waals surface area contributed by atoms with Crippen LogP contribution in [0.15, 0.2) is 29.2 Å². The molecule has 17 heavy (non-hydrogen) atoms. The highest BCUT2D eigenvalue weighted by molar-refractivity contribution is 8.00. The van der Waals surface area contributed by atoms with Gasteiger partial charge < -0.3 is 0 Å². The second kappa shape index (κ2) is 9.51. The van der Waals surface area contributed by atoms with Crippen LogP contribution < -0.4 is 0 Å². The van der Waals surface area contributed by atoms with Crippen LogP contribution in [0.1, 0.15) is 13.8 Å². The highest BCUT2D eigenvalue weighted by Crippen LogP contribution is 2.19. The lowest BCUT2D eigenvalue weighted by atomic mass is 10.4. The molecule has 0 aliphatic carbocycles. The molecule has 2 nitrogen and oxygen atoms in total. The SMILES string of the molecule is CC(=O)CCl.CC(=O)CSc1ccc(Cl)cc1. The smallest absolute Gasteiger partial charge is 0.144 e. The molecule has 0 bridgehead atoms. The zero-order chi connectivity index (χ0) is 13.3. The van der Waals surface area contributed by atoms with Gasteiger partial charge in [-0.05, 0) is 38.1 Å². The molecule has 0 amide bonds. The predicted molar refractivity (Wildman–Crippen MR) is 74.3 cm³/mol. The van der Waals surface area contributed by atoms with Crippen LogP contribution in [0, 0.1) is 0 Å². The highest BCUT2D eigenvalue weighted by atomic mass is 35.5. The molecule has 0 aliphatic heterocycles. The van der Waals surface area contributed by atoms with E-state index < -0.39 is 0 Å². The van der Waals surface area contributed by atoms with Gasteiger partial charge in [-0.15, -0.1) is 23.4 Å². The molecule has 0 atom stereocenters. The number of halogens is 2. The third kappa shape index (κ3) is 10.4. The van der Waals surface area contributed by atoms with Crippen molar-refractivity contribution < 1.29 is 9.59 Å². The first kappa shape index (κ1) is 16.5. The van der Waals surface area contributed by atoms with Crippen molar-refractivity contribution in [2.75, 3.05) is 11.6 Å². The normalized spacial score (nSPS) is 9.18. The fourth-order valence-electron chi connectivity index (χ4n) is 0.716. The minimum atomic E-state index is 0.0201. The van der Waals surface area contributed by atoms with Crippen molar-refractivity contribution in [3.63, 3.8) is 0 Å². The zero-order valence-corrected chi connectivity index (χ0v) is 12.0. The van der Waals surface area contributed by atoms with Crippen LogP contribution in [0.3, 0.4) is 0 Å². The Kier molecular flexibility index (Phi) is 9.23. The molecule has 0 spiro atoms. The fourth-order valence-corrected chi connectivity index (χ4v) is 1.54. The first-order chi connectivity index (χ1) is 7.95. The van der Waals surface area contributed by atoms with Crippen molar-refractivity contribution in [1.29, 1.82) is 0 Å². The van der Waals surface area contributed by atoms with Gasteiger partial charge in [0.1, 0.15) is 11.6 Å². The summed E-state index contributed by atoms with van der Waals surface area (Å²) in [6.07, 6.45) is 0. The molecular weight excluding hydrogens is 279 g/mol. The topological polar surface area (TPSA) is 34.1 Å². The molecule has 0 radical (unpaired) electrons. The van der Waals surface area contributed by atoms with Gasteiger partial charge >= 0.3 is 0 Å². The Morgan fingerprint density at radius 2 is 1.59 bits per heavy atom. The Balaban J connectivity index is 0.000000437. The Morgan fingerprint density at radius 3 is 1.94 bits per heavy atom. The number of hydrogen-bond acceptors (Lipinski definition) is 3. The molecule has 0 saturated carbocycles. The minimum Gasteiger partial charge on any atom is -0.299 e. The lowest BCUT2D eigenvalue weighted by Gasteiger charge is -1.97. The van der Waals surface area contributed by atoms with Crippen LogP contribution in [0.5, 0.6) is 0 Å². The van der Waals surface area contributed by atoms with Gasteiger partial charge in [0.2, 0.25) is 0 Å². The number of Topliss-reactive ketones (excluding diaryl/α,β-unsaturated/α-hetero) is 2. The van der Waals surface area contributed by atoms with Gasteiger partial charge in [0.05, 0.1) is 11.6 Å². The summed E-state index contributed by atoms with van der Waals surface area (Å²) in [5, 5.41) is 0.724. The largest absolute Gasteiger partial charge is 0.299 e. The number of ketones is 2. The first-order valence-corrected chi connectivity index (χ1v) is 6.78. The summed E-state index contributed by atoms with van der Waals surface area (Å²) in [7, 11) is 0. The average Bonchev–Trinajstić information content (AvgIpc) is 2.29. The van der Waals surface area contributed by atoms with Gasteiger partial charge in [0.15, 0.2) is 0 Å². The molecule has 0 fully saturated rings.